The van der Waals surface area contributed by atoms with Gasteiger partial charge in [-0.25, -0.2) is 0 Å². The van der Waals surface area contributed by atoms with E-state index in [1.807, 2.05) is 6.34 Å². The summed E-state index contributed by atoms with van der Waals surface area (Å²) in [7, 11) is 0. The maximum Gasteiger partial charge on any atom is 0.0827 e. The molecule has 1 heterocycles. The molecule has 1 fully saturated rings. The summed E-state index contributed by atoms with van der Waals surface area (Å²) in [4.78, 5) is 4.09. The van der Waals surface area contributed by atoms with Gasteiger partial charge < -0.3 is 5.32 Å². The lowest BCUT2D eigenvalue weighted by Gasteiger charge is -2.04. The molecule has 0 aromatic heterocycles. The highest BCUT2D eigenvalue weighted by Gasteiger charge is 2.31. The number of nitrogens with one attached hydrogen (secondary N) is 1. The summed E-state index contributed by atoms with van der Waals surface area (Å²) in [6.45, 7) is 1.02. The zero-order chi connectivity index (χ0) is 5.40. The van der Waals surface area contributed by atoms with Gasteiger partial charge in [0.1, 0.15) is 0 Å². The van der Waals surface area contributed by atoms with E-state index in [4.69, 9.17) is 0 Å². The number of rotatable bonds is 1. The van der Waals surface area contributed by atoms with E-state index in [0.29, 0.717) is 6.04 Å². The van der Waals surface area contributed by atoms with Gasteiger partial charge >= 0.3 is 0 Å². The Morgan fingerprint density at radius 3 is 2.88 bits per heavy atom. The highest BCUT2D eigenvalue weighted by atomic mass is 15.1. The zero-order valence-electron chi connectivity index (χ0n) is 4.80. The van der Waals surface area contributed by atoms with Gasteiger partial charge in [-0.15, -0.1) is 0 Å². The molecule has 0 aromatic rings. The van der Waals surface area contributed by atoms with E-state index in [1.165, 1.54) is 12.8 Å². The molecule has 44 valence electrons. The monoisotopic (exact) mass is 110 g/mol. The second-order valence-corrected chi connectivity index (χ2v) is 2.60. The molecule has 0 amide bonds. The van der Waals surface area contributed by atoms with Crippen LogP contribution >= 0.6 is 0 Å². The molecular formula is C6H10N2. The Bertz CT molecular complexity index is 108. The normalized spacial score (nSPS) is 35.2. The van der Waals surface area contributed by atoms with Crippen LogP contribution in [-0.4, -0.2) is 18.9 Å². The molecule has 1 unspecified atom stereocenters. The van der Waals surface area contributed by atoms with Crippen molar-refractivity contribution in [1.29, 1.82) is 0 Å². The highest BCUT2D eigenvalue weighted by molar-refractivity contribution is 5.57. The van der Waals surface area contributed by atoms with Crippen molar-refractivity contribution in [2.24, 2.45) is 10.9 Å². The fourth-order valence-corrected chi connectivity index (χ4v) is 1.15. The molecule has 0 aromatic carbocycles. The summed E-state index contributed by atoms with van der Waals surface area (Å²) in [6, 6.07) is 0.704. The van der Waals surface area contributed by atoms with Gasteiger partial charge in [0, 0.05) is 6.04 Å². The molecule has 1 saturated carbocycles. The lowest BCUT2D eigenvalue weighted by atomic mass is 10.2. The molecule has 0 saturated heterocycles. The molecule has 2 nitrogen and oxygen atoms in total. The minimum atomic E-state index is 0.704. The predicted octanol–water partition coefficient (Wildman–Crippen LogP) is 0.397. The Balaban J connectivity index is 1.90. The highest BCUT2D eigenvalue weighted by Crippen LogP contribution is 2.33. The van der Waals surface area contributed by atoms with Crippen LogP contribution < -0.4 is 5.32 Å². The maximum absolute atomic E-state index is 4.09. The van der Waals surface area contributed by atoms with Crippen molar-refractivity contribution in [1.82, 2.24) is 5.32 Å². The van der Waals surface area contributed by atoms with E-state index in [2.05, 4.69) is 10.3 Å². The average molecular weight is 110 g/mol. The summed E-state index contributed by atoms with van der Waals surface area (Å²) >= 11 is 0. The Kier molecular flexibility index (Phi) is 0.802. The summed E-state index contributed by atoms with van der Waals surface area (Å²) in [5, 5.41) is 3.23. The quantitative estimate of drug-likeness (QED) is 0.519. The smallest absolute Gasteiger partial charge is 0.0827 e. The standard InChI is InChI=1S/C6H10N2/c1-2-5(1)6-3-7-4-8-6/h4-6H,1-3H2,(H,7,8). The minimum absolute atomic E-state index is 0.704. The summed E-state index contributed by atoms with van der Waals surface area (Å²) in [5.74, 6) is 0.956. The third-order valence-corrected chi connectivity index (χ3v) is 1.87. The lowest BCUT2D eigenvalue weighted by Crippen LogP contribution is -2.26. The molecule has 0 spiro atoms. The Morgan fingerprint density at radius 2 is 2.38 bits per heavy atom. The van der Waals surface area contributed by atoms with Crippen molar-refractivity contribution in [2.45, 2.75) is 18.9 Å². The van der Waals surface area contributed by atoms with Gasteiger partial charge in [-0.3, -0.25) is 4.99 Å². The molecular weight excluding hydrogens is 100 g/mol. The van der Waals surface area contributed by atoms with Gasteiger partial charge in [-0.2, -0.15) is 0 Å². The van der Waals surface area contributed by atoms with Crippen LogP contribution in [0.3, 0.4) is 0 Å². The van der Waals surface area contributed by atoms with E-state index in [1.54, 1.807) is 0 Å². The van der Waals surface area contributed by atoms with Crippen LogP contribution in [0, 0.1) is 5.92 Å². The number of hydrogen-bond acceptors (Lipinski definition) is 2. The number of hydrogen-bond donors (Lipinski definition) is 1. The molecule has 2 rings (SSSR count). The zero-order valence-corrected chi connectivity index (χ0v) is 4.80. The maximum atomic E-state index is 4.09. The van der Waals surface area contributed by atoms with Crippen LogP contribution in [0.4, 0.5) is 0 Å². The van der Waals surface area contributed by atoms with Crippen molar-refractivity contribution in [3.05, 3.63) is 0 Å². The molecule has 1 aliphatic carbocycles. The van der Waals surface area contributed by atoms with Crippen molar-refractivity contribution in [3.63, 3.8) is 0 Å². The van der Waals surface area contributed by atoms with Crippen molar-refractivity contribution in [3.8, 4) is 0 Å². The van der Waals surface area contributed by atoms with E-state index < -0.39 is 0 Å². The topological polar surface area (TPSA) is 24.4 Å². The van der Waals surface area contributed by atoms with Crippen LogP contribution in [0.2, 0.25) is 0 Å². The van der Waals surface area contributed by atoms with Gasteiger partial charge in [0.05, 0.1) is 12.9 Å². The van der Waals surface area contributed by atoms with E-state index in [-0.39, 0.29) is 0 Å². The first-order valence-electron chi connectivity index (χ1n) is 3.21. The average Bonchev–Trinajstić information content (AvgIpc) is 2.49. The lowest BCUT2D eigenvalue weighted by molar-refractivity contribution is 0.584. The van der Waals surface area contributed by atoms with Crippen molar-refractivity contribution < 1.29 is 0 Å². The predicted molar refractivity (Wildman–Crippen MR) is 33.0 cm³/mol. The molecule has 2 aliphatic rings. The van der Waals surface area contributed by atoms with Gasteiger partial charge in [-0.05, 0) is 18.8 Å². The molecule has 1 aliphatic heterocycles. The second-order valence-electron chi connectivity index (χ2n) is 2.60. The van der Waals surface area contributed by atoms with Gasteiger partial charge in [0.2, 0.25) is 0 Å². The fraction of sp³-hybridized carbons (Fsp3) is 0.833. The summed E-state index contributed by atoms with van der Waals surface area (Å²) in [6.07, 6.45) is 4.67. The van der Waals surface area contributed by atoms with Gasteiger partial charge in [0.15, 0.2) is 0 Å². The molecule has 1 N–H and O–H groups in total. The summed E-state index contributed by atoms with van der Waals surface area (Å²) in [5.41, 5.74) is 0. The molecule has 0 radical (unpaired) electrons. The van der Waals surface area contributed by atoms with Crippen LogP contribution in [-0.2, 0) is 0 Å². The number of aliphatic imine (C=N–C) groups is 1. The SMILES string of the molecule is C1=NCC(C2CC2)N1. The third kappa shape index (κ3) is 0.602. The van der Waals surface area contributed by atoms with Crippen molar-refractivity contribution >= 4 is 6.34 Å². The van der Waals surface area contributed by atoms with Crippen molar-refractivity contribution in [2.75, 3.05) is 6.54 Å². The van der Waals surface area contributed by atoms with Crippen LogP contribution in [0.15, 0.2) is 4.99 Å². The Hall–Kier alpha value is -0.530. The first kappa shape index (κ1) is 4.36. The minimum Gasteiger partial charge on any atom is -0.372 e. The number of nitrogens with zero attached hydrogens (tertiary/aromatic N) is 1. The molecule has 0 bridgehead atoms. The fourth-order valence-electron chi connectivity index (χ4n) is 1.15. The first-order valence-corrected chi connectivity index (χ1v) is 3.21. The van der Waals surface area contributed by atoms with E-state index in [9.17, 15) is 0 Å². The van der Waals surface area contributed by atoms with Crippen LogP contribution in [0.5, 0.6) is 0 Å². The van der Waals surface area contributed by atoms with Gasteiger partial charge in [0.25, 0.3) is 0 Å². The Labute approximate surface area is 49.0 Å². The summed E-state index contributed by atoms with van der Waals surface area (Å²) < 4.78 is 0. The third-order valence-electron chi connectivity index (χ3n) is 1.87. The van der Waals surface area contributed by atoms with Crippen LogP contribution in [0.1, 0.15) is 12.8 Å². The van der Waals surface area contributed by atoms with Crippen LogP contribution in [0.25, 0.3) is 0 Å². The molecule has 1 atom stereocenters. The van der Waals surface area contributed by atoms with E-state index in [0.717, 1.165) is 12.5 Å². The largest absolute Gasteiger partial charge is 0.372 e. The second kappa shape index (κ2) is 1.47. The molecule has 2 heteroatoms. The molecule has 8 heavy (non-hydrogen) atoms. The first-order chi connectivity index (χ1) is 3.97. The van der Waals surface area contributed by atoms with E-state index >= 15 is 0 Å². The Morgan fingerprint density at radius 1 is 1.50 bits per heavy atom. The van der Waals surface area contributed by atoms with Gasteiger partial charge in [-0.1, -0.05) is 0 Å².